The minimum Gasteiger partial charge on any atom is -0.372 e. The van der Waals surface area contributed by atoms with Gasteiger partial charge in [-0.3, -0.25) is 9.59 Å². The molecule has 1 aliphatic rings. The molecule has 1 aliphatic heterocycles. The highest BCUT2D eigenvalue weighted by Gasteiger charge is 2.53. The molecule has 4 rings (SSSR count). The molecule has 0 aliphatic carbocycles. The number of carbonyl (C=O) groups excluding carboxylic acids is 2. The van der Waals surface area contributed by atoms with Crippen LogP contribution in [0.3, 0.4) is 0 Å². The Labute approximate surface area is 155 Å². The second-order valence-corrected chi connectivity index (χ2v) is 6.48. The van der Waals surface area contributed by atoms with E-state index in [1.54, 1.807) is 78.9 Å². The third-order valence-electron chi connectivity index (χ3n) is 4.53. The highest BCUT2D eigenvalue weighted by Crippen LogP contribution is 2.44. The zero-order chi connectivity index (χ0) is 18.3. The number of carbonyl (C=O) groups is 2. The smallest absolute Gasteiger partial charge is 0.275 e. The zero-order valence-electron chi connectivity index (χ0n) is 13.6. The zero-order valence-corrected chi connectivity index (χ0v) is 14.4. The lowest BCUT2D eigenvalue weighted by atomic mass is 9.88. The summed E-state index contributed by atoms with van der Waals surface area (Å²) in [5.74, 6) is -1.20. The number of amides is 2. The summed E-state index contributed by atoms with van der Waals surface area (Å²) in [4.78, 5) is 27.2. The largest absolute Gasteiger partial charge is 0.372 e. The van der Waals surface area contributed by atoms with Crippen LogP contribution in [0.25, 0.3) is 0 Å². The molecule has 0 saturated heterocycles. The Balaban J connectivity index is 1.87. The van der Waals surface area contributed by atoms with Crippen LogP contribution in [-0.2, 0) is 10.4 Å². The molecule has 1 heterocycles. The summed E-state index contributed by atoms with van der Waals surface area (Å²) in [7, 11) is 0. The number of fused-ring (bicyclic) bond motifs is 1. The van der Waals surface area contributed by atoms with Crippen molar-refractivity contribution >= 4 is 29.1 Å². The van der Waals surface area contributed by atoms with Gasteiger partial charge in [-0.25, -0.2) is 4.90 Å². The average Bonchev–Trinajstić information content (AvgIpc) is 2.91. The number of nitrogens with zero attached hydrogens (tertiary/aromatic N) is 1. The minimum atomic E-state index is -1.90. The van der Waals surface area contributed by atoms with Crippen LogP contribution < -0.4 is 4.90 Å². The third kappa shape index (κ3) is 2.35. The van der Waals surface area contributed by atoms with Gasteiger partial charge in [0.1, 0.15) is 0 Å². The second-order valence-electron chi connectivity index (χ2n) is 6.05. The maximum absolute atomic E-state index is 13.2. The van der Waals surface area contributed by atoms with Gasteiger partial charge < -0.3 is 5.11 Å². The number of aliphatic hydroxyl groups is 1. The molecular formula is C21H14ClNO3. The van der Waals surface area contributed by atoms with E-state index in [0.717, 1.165) is 4.90 Å². The van der Waals surface area contributed by atoms with Crippen molar-refractivity contribution in [2.45, 2.75) is 5.60 Å². The van der Waals surface area contributed by atoms with Gasteiger partial charge in [-0.05, 0) is 35.9 Å². The van der Waals surface area contributed by atoms with Crippen molar-refractivity contribution < 1.29 is 14.7 Å². The lowest BCUT2D eigenvalue weighted by Crippen LogP contribution is -2.44. The number of hydrogen-bond donors (Lipinski definition) is 1. The Morgan fingerprint density at radius 3 is 2.19 bits per heavy atom. The lowest BCUT2D eigenvalue weighted by molar-refractivity contribution is -0.131. The molecule has 1 atom stereocenters. The van der Waals surface area contributed by atoms with E-state index in [1.165, 1.54) is 0 Å². The predicted octanol–water partition coefficient (Wildman–Crippen LogP) is 3.76. The summed E-state index contributed by atoms with van der Waals surface area (Å²) in [6.07, 6.45) is 0. The van der Waals surface area contributed by atoms with Crippen LogP contribution in [0.15, 0.2) is 78.9 Å². The Bertz CT molecular complexity index is 1000. The van der Waals surface area contributed by atoms with Crippen LogP contribution in [0.4, 0.5) is 5.69 Å². The van der Waals surface area contributed by atoms with Crippen LogP contribution in [0, 0.1) is 0 Å². The van der Waals surface area contributed by atoms with E-state index in [2.05, 4.69) is 0 Å². The third-order valence-corrected chi connectivity index (χ3v) is 4.79. The summed E-state index contributed by atoms with van der Waals surface area (Å²) in [6, 6.07) is 21.7. The summed E-state index contributed by atoms with van der Waals surface area (Å²) >= 11 is 5.88. The fraction of sp³-hybridized carbons (Fsp3) is 0.0476. The normalized spacial score (nSPS) is 18.7. The van der Waals surface area contributed by atoms with Crippen LogP contribution in [0.2, 0.25) is 5.02 Å². The van der Waals surface area contributed by atoms with E-state index >= 15 is 0 Å². The van der Waals surface area contributed by atoms with Gasteiger partial charge in [0, 0.05) is 16.1 Å². The Hall–Kier alpha value is -2.95. The molecule has 5 heteroatoms. The van der Waals surface area contributed by atoms with E-state index < -0.39 is 17.4 Å². The summed E-state index contributed by atoms with van der Waals surface area (Å²) in [6.45, 7) is 0. The first-order valence-corrected chi connectivity index (χ1v) is 8.43. The molecule has 0 spiro atoms. The minimum absolute atomic E-state index is 0.315. The summed E-state index contributed by atoms with van der Waals surface area (Å²) < 4.78 is 0. The molecular weight excluding hydrogens is 350 g/mol. The Kier molecular flexibility index (Phi) is 3.87. The lowest BCUT2D eigenvalue weighted by Gasteiger charge is -2.23. The number of halogens is 1. The number of hydrogen-bond acceptors (Lipinski definition) is 3. The monoisotopic (exact) mass is 363 g/mol. The van der Waals surface area contributed by atoms with Gasteiger partial charge >= 0.3 is 0 Å². The molecule has 2 amide bonds. The number of imide groups is 1. The van der Waals surface area contributed by atoms with E-state index in [9.17, 15) is 14.7 Å². The molecule has 1 unspecified atom stereocenters. The molecule has 128 valence electrons. The second kappa shape index (κ2) is 6.09. The van der Waals surface area contributed by atoms with Crippen molar-refractivity contribution in [3.8, 4) is 0 Å². The molecule has 0 saturated carbocycles. The maximum Gasteiger partial charge on any atom is 0.275 e. The number of benzene rings is 3. The Morgan fingerprint density at radius 2 is 1.50 bits per heavy atom. The molecule has 3 aromatic carbocycles. The van der Waals surface area contributed by atoms with E-state index in [0.29, 0.717) is 27.4 Å². The molecule has 26 heavy (non-hydrogen) atoms. The first kappa shape index (κ1) is 16.5. The van der Waals surface area contributed by atoms with Crippen LogP contribution >= 0.6 is 11.6 Å². The van der Waals surface area contributed by atoms with Gasteiger partial charge in [-0.1, -0.05) is 60.1 Å². The number of anilines is 1. The van der Waals surface area contributed by atoms with Crippen molar-refractivity contribution in [2.75, 3.05) is 4.90 Å². The Morgan fingerprint density at radius 1 is 0.885 bits per heavy atom. The van der Waals surface area contributed by atoms with Crippen molar-refractivity contribution in [1.29, 1.82) is 0 Å². The van der Waals surface area contributed by atoms with Gasteiger partial charge in [0.25, 0.3) is 11.8 Å². The van der Waals surface area contributed by atoms with E-state index in [4.69, 9.17) is 11.6 Å². The van der Waals surface area contributed by atoms with E-state index in [1.807, 2.05) is 0 Å². The number of rotatable bonds is 2. The van der Waals surface area contributed by atoms with Gasteiger partial charge in [-0.15, -0.1) is 0 Å². The molecule has 1 N–H and O–H groups in total. The molecule has 3 aromatic rings. The topological polar surface area (TPSA) is 57.6 Å². The van der Waals surface area contributed by atoms with Gasteiger partial charge in [0.2, 0.25) is 0 Å². The fourth-order valence-electron chi connectivity index (χ4n) is 3.24. The SMILES string of the molecule is O=C(c1ccc(Cl)cc1)N1C(=O)C(O)(c2ccccc2)c2ccccc21. The molecule has 0 aromatic heterocycles. The summed E-state index contributed by atoms with van der Waals surface area (Å²) in [5, 5.41) is 11.8. The molecule has 4 nitrogen and oxygen atoms in total. The predicted molar refractivity (Wildman–Crippen MR) is 99.2 cm³/mol. The molecule has 0 fully saturated rings. The average molecular weight is 364 g/mol. The summed E-state index contributed by atoms with van der Waals surface area (Å²) in [5.41, 5.74) is -0.402. The first-order valence-electron chi connectivity index (χ1n) is 8.05. The number of para-hydroxylation sites is 1. The van der Waals surface area contributed by atoms with Crippen LogP contribution in [0.1, 0.15) is 21.5 Å². The standard InChI is InChI=1S/C21H14ClNO3/c22-16-12-10-14(11-13-16)19(24)23-18-9-5-4-8-17(18)21(26,20(23)25)15-6-2-1-3-7-15/h1-13,26H. The van der Waals surface area contributed by atoms with Crippen molar-refractivity contribution in [2.24, 2.45) is 0 Å². The first-order chi connectivity index (χ1) is 12.5. The maximum atomic E-state index is 13.2. The van der Waals surface area contributed by atoms with Crippen molar-refractivity contribution in [3.05, 3.63) is 101 Å². The molecule has 0 bridgehead atoms. The van der Waals surface area contributed by atoms with Gasteiger partial charge in [0.15, 0.2) is 5.60 Å². The quantitative estimate of drug-likeness (QED) is 0.705. The van der Waals surface area contributed by atoms with Crippen molar-refractivity contribution in [3.63, 3.8) is 0 Å². The van der Waals surface area contributed by atoms with Gasteiger partial charge in [0.05, 0.1) is 5.69 Å². The fourth-order valence-corrected chi connectivity index (χ4v) is 3.37. The van der Waals surface area contributed by atoms with Crippen LogP contribution in [0.5, 0.6) is 0 Å². The van der Waals surface area contributed by atoms with Crippen molar-refractivity contribution in [1.82, 2.24) is 0 Å². The highest BCUT2D eigenvalue weighted by molar-refractivity contribution is 6.31. The molecule has 0 radical (unpaired) electrons. The van der Waals surface area contributed by atoms with Crippen LogP contribution in [-0.4, -0.2) is 16.9 Å². The van der Waals surface area contributed by atoms with E-state index in [-0.39, 0.29) is 0 Å². The highest BCUT2D eigenvalue weighted by atomic mass is 35.5. The van der Waals surface area contributed by atoms with Gasteiger partial charge in [-0.2, -0.15) is 0 Å².